The maximum absolute atomic E-state index is 13.2. The van der Waals surface area contributed by atoms with Crippen LogP contribution in [0, 0.1) is 0 Å². The van der Waals surface area contributed by atoms with Crippen LogP contribution in [-0.4, -0.2) is 44.2 Å². The average Bonchev–Trinajstić information content (AvgIpc) is 3.31. The predicted octanol–water partition coefficient (Wildman–Crippen LogP) is 5.48. The number of benzene rings is 2. The smallest absolute Gasteiger partial charge is 0.323 e. The predicted molar refractivity (Wildman–Crippen MR) is 135 cm³/mol. The highest BCUT2D eigenvalue weighted by molar-refractivity contribution is 8.27. The third kappa shape index (κ3) is 4.48. The van der Waals surface area contributed by atoms with E-state index < -0.39 is 12.5 Å². The van der Waals surface area contributed by atoms with Crippen LogP contribution in [0.2, 0.25) is 0 Å². The molecule has 32 heavy (non-hydrogen) atoms. The standard InChI is InChI=1S/C24H22N2O3S3/c1-2-3-14-25-19(16-10-6-4-7-11-16)20(17-12-8-5-9-13-17)31-23(25)21-22(29)26(15-18(27)28)24(30)32-21/h4-13H,2-3,14-15H2,1H3,(H,27,28)/b23-21+. The summed E-state index contributed by atoms with van der Waals surface area (Å²) in [6.45, 7) is 2.47. The first-order valence-electron chi connectivity index (χ1n) is 10.3. The van der Waals surface area contributed by atoms with Crippen molar-refractivity contribution < 1.29 is 14.7 Å². The molecule has 0 saturated carbocycles. The van der Waals surface area contributed by atoms with Gasteiger partial charge in [-0.05, 0) is 17.5 Å². The van der Waals surface area contributed by atoms with Gasteiger partial charge in [0.25, 0.3) is 5.91 Å². The van der Waals surface area contributed by atoms with Gasteiger partial charge in [-0.25, -0.2) is 0 Å². The Morgan fingerprint density at radius 2 is 1.56 bits per heavy atom. The molecule has 5 nitrogen and oxygen atoms in total. The number of unbranched alkanes of at least 4 members (excludes halogenated alkanes) is 1. The second-order valence-electron chi connectivity index (χ2n) is 7.30. The van der Waals surface area contributed by atoms with Gasteiger partial charge >= 0.3 is 5.97 Å². The van der Waals surface area contributed by atoms with Crippen LogP contribution in [0.3, 0.4) is 0 Å². The van der Waals surface area contributed by atoms with E-state index in [0.29, 0.717) is 4.91 Å². The number of carboxylic acid groups (broad SMARTS) is 1. The van der Waals surface area contributed by atoms with Crippen LogP contribution in [0.5, 0.6) is 0 Å². The zero-order valence-corrected chi connectivity index (χ0v) is 19.9. The lowest BCUT2D eigenvalue weighted by Crippen LogP contribution is -2.33. The highest BCUT2D eigenvalue weighted by Gasteiger charge is 2.41. The Hall–Kier alpha value is -2.55. The van der Waals surface area contributed by atoms with E-state index in [-0.39, 0.29) is 10.2 Å². The van der Waals surface area contributed by atoms with Crippen LogP contribution in [0.1, 0.15) is 30.9 Å². The largest absolute Gasteiger partial charge is 0.480 e. The van der Waals surface area contributed by atoms with E-state index in [1.807, 2.05) is 36.4 Å². The minimum absolute atomic E-state index is 0.283. The van der Waals surface area contributed by atoms with Gasteiger partial charge in [-0.15, -0.1) is 0 Å². The van der Waals surface area contributed by atoms with E-state index >= 15 is 0 Å². The zero-order chi connectivity index (χ0) is 22.7. The molecule has 2 aromatic carbocycles. The first-order chi connectivity index (χ1) is 15.5. The van der Waals surface area contributed by atoms with E-state index in [1.54, 1.807) is 11.8 Å². The van der Waals surface area contributed by atoms with Gasteiger partial charge in [0.1, 0.15) is 20.8 Å². The fourth-order valence-corrected chi connectivity index (χ4v) is 6.31. The number of carboxylic acids is 1. The van der Waals surface area contributed by atoms with E-state index in [0.717, 1.165) is 46.1 Å². The van der Waals surface area contributed by atoms with Gasteiger partial charge in [-0.3, -0.25) is 14.5 Å². The summed E-state index contributed by atoms with van der Waals surface area (Å²) in [5, 5.41) is 10.0. The van der Waals surface area contributed by atoms with Gasteiger partial charge in [-0.2, -0.15) is 0 Å². The molecular formula is C24H22N2O3S3. The van der Waals surface area contributed by atoms with E-state index in [2.05, 4.69) is 36.1 Å². The SMILES string of the molecule is CCCCN1C(c2ccccc2)=C(c2ccccc2)S/C1=C1/SC(=S)N(CC(=O)O)C1=O. The summed E-state index contributed by atoms with van der Waals surface area (Å²) in [4.78, 5) is 29.4. The molecule has 0 radical (unpaired) electrons. The van der Waals surface area contributed by atoms with E-state index in [9.17, 15) is 14.7 Å². The molecule has 0 atom stereocenters. The summed E-state index contributed by atoms with van der Waals surface area (Å²) in [5.41, 5.74) is 3.22. The third-order valence-corrected chi connectivity index (χ3v) is 7.90. The second kappa shape index (κ2) is 9.94. The number of aliphatic carboxylic acids is 1. The summed E-state index contributed by atoms with van der Waals surface area (Å²) in [6, 6.07) is 20.3. The molecule has 1 saturated heterocycles. The number of hydrogen-bond acceptors (Lipinski definition) is 6. The molecule has 2 aliphatic rings. The zero-order valence-electron chi connectivity index (χ0n) is 17.5. The van der Waals surface area contributed by atoms with Crippen molar-refractivity contribution in [2.45, 2.75) is 19.8 Å². The molecular weight excluding hydrogens is 460 g/mol. The van der Waals surface area contributed by atoms with Gasteiger partial charge < -0.3 is 10.0 Å². The minimum atomic E-state index is -1.08. The number of thiocarbonyl (C=S) groups is 1. The number of carbonyl (C=O) groups is 2. The Labute approximate surface area is 201 Å². The quantitative estimate of drug-likeness (QED) is 0.414. The van der Waals surface area contributed by atoms with Gasteiger partial charge in [0, 0.05) is 11.4 Å². The van der Waals surface area contributed by atoms with Crippen molar-refractivity contribution in [3.05, 3.63) is 81.7 Å². The van der Waals surface area contributed by atoms with Crippen molar-refractivity contribution in [1.29, 1.82) is 0 Å². The Morgan fingerprint density at radius 3 is 2.16 bits per heavy atom. The average molecular weight is 483 g/mol. The highest BCUT2D eigenvalue weighted by Crippen LogP contribution is 2.54. The lowest BCUT2D eigenvalue weighted by molar-refractivity contribution is -0.140. The topological polar surface area (TPSA) is 60.9 Å². The van der Waals surface area contributed by atoms with Crippen LogP contribution in [0.15, 0.2) is 70.6 Å². The number of nitrogens with zero attached hydrogens (tertiary/aromatic N) is 2. The van der Waals surface area contributed by atoms with Crippen LogP contribution >= 0.6 is 35.7 Å². The Balaban J connectivity index is 1.85. The molecule has 0 spiro atoms. The number of carbonyl (C=O) groups excluding carboxylic acids is 1. The molecule has 0 unspecified atom stereocenters. The number of amides is 1. The summed E-state index contributed by atoms with van der Waals surface area (Å²) >= 11 is 8.10. The summed E-state index contributed by atoms with van der Waals surface area (Å²) < 4.78 is 0.283. The van der Waals surface area contributed by atoms with E-state index in [1.165, 1.54) is 16.7 Å². The second-order valence-corrected chi connectivity index (χ2v) is 9.95. The Kier molecular flexibility index (Phi) is 7.03. The summed E-state index contributed by atoms with van der Waals surface area (Å²) in [7, 11) is 0. The van der Waals surface area contributed by atoms with Crippen molar-refractivity contribution in [2.75, 3.05) is 13.1 Å². The monoisotopic (exact) mass is 482 g/mol. The molecule has 4 rings (SSSR count). The molecule has 2 aromatic rings. The van der Waals surface area contributed by atoms with Gasteiger partial charge in [0.2, 0.25) is 0 Å². The van der Waals surface area contributed by atoms with Crippen molar-refractivity contribution in [1.82, 2.24) is 9.80 Å². The van der Waals surface area contributed by atoms with Crippen molar-refractivity contribution >= 4 is 62.5 Å². The molecule has 8 heteroatoms. The molecule has 2 heterocycles. The van der Waals surface area contributed by atoms with Crippen molar-refractivity contribution in [3.63, 3.8) is 0 Å². The fraction of sp³-hybridized carbons (Fsp3) is 0.208. The number of hydrogen-bond donors (Lipinski definition) is 1. The molecule has 1 fully saturated rings. The summed E-state index contributed by atoms with van der Waals surface area (Å²) in [6.07, 6.45) is 1.97. The molecule has 0 aromatic heterocycles. The van der Waals surface area contributed by atoms with E-state index in [4.69, 9.17) is 12.2 Å². The van der Waals surface area contributed by atoms with Gasteiger partial charge in [0.15, 0.2) is 0 Å². The minimum Gasteiger partial charge on any atom is -0.480 e. The van der Waals surface area contributed by atoms with Crippen LogP contribution in [-0.2, 0) is 9.59 Å². The Bertz CT molecular complexity index is 1110. The van der Waals surface area contributed by atoms with Crippen molar-refractivity contribution in [3.8, 4) is 0 Å². The lowest BCUT2D eigenvalue weighted by Gasteiger charge is -2.24. The maximum atomic E-state index is 13.2. The lowest BCUT2D eigenvalue weighted by atomic mass is 10.1. The van der Waals surface area contributed by atoms with Gasteiger partial charge in [0.05, 0.1) is 5.70 Å². The first-order valence-corrected chi connectivity index (χ1v) is 12.4. The van der Waals surface area contributed by atoms with Crippen LogP contribution < -0.4 is 0 Å². The van der Waals surface area contributed by atoms with Crippen LogP contribution in [0.25, 0.3) is 10.6 Å². The number of thioether (sulfide) groups is 2. The first kappa shape index (κ1) is 22.6. The molecule has 1 amide bonds. The summed E-state index contributed by atoms with van der Waals surface area (Å²) in [5.74, 6) is -1.42. The maximum Gasteiger partial charge on any atom is 0.323 e. The number of rotatable bonds is 7. The fourth-order valence-electron chi connectivity index (χ4n) is 3.59. The van der Waals surface area contributed by atoms with Crippen molar-refractivity contribution in [2.24, 2.45) is 0 Å². The highest BCUT2D eigenvalue weighted by atomic mass is 32.2. The van der Waals surface area contributed by atoms with Gasteiger partial charge in [-0.1, -0.05) is 110 Å². The molecule has 0 bridgehead atoms. The molecule has 2 aliphatic heterocycles. The molecule has 164 valence electrons. The normalized spacial score (nSPS) is 18.8. The molecule has 1 N–H and O–H groups in total. The Morgan fingerprint density at radius 1 is 0.938 bits per heavy atom. The van der Waals surface area contributed by atoms with Crippen LogP contribution in [0.4, 0.5) is 0 Å². The molecule has 0 aliphatic carbocycles. The third-order valence-electron chi connectivity index (χ3n) is 5.08.